The van der Waals surface area contributed by atoms with Gasteiger partial charge in [-0.3, -0.25) is 4.90 Å². The van der Waals surface area contributed by atoms with E-state index in [0.717, 1.165) is 13.1 Å². The summed E-state index contributed by atoms with van der Waals surface area (Å²) in [6.45, 7) is 10.3. The molecule has 1 aliphatic rings. The summed E-state index contributed by atoms with van der Waals surface area (Å²) < 4.78 is 0. The molecule has 0 aliphatic carbocycles. The second kappa shape index (κ2) is 6.69. The molecule has 2 rings (SSSR count). The van der Waals surface area contributed by atoms with Crippen molar-refractivity contribution in [3.05, 3.63) is 21.9 Å². The van der Waals surface area contributed by atoms with Crippen molar-refractivity contribution in [1.29, 1.82) is 0 Å². The van der Waals surface area contributed by atoms with Crippen molar-refractivity contribution < 1.29 is 0 Å². The molecule has 1 aromatic heterocycles. The predicted molar refractivity (Wildman–Crippen MR) is 80.2 cm³/mol. The van der Waals surface area contributed by atoms with Crippen molar-refractivity contribution in [3.63, 3.8) is 0 Å². The summed E-state index contributed by atoms with van der Waals surface area (Å²) in [5, 5.41) is 5.93. The molecule has 18 heavy (non-hydrogen) atoms. The van der Waals surface area contributed by atoms with Gasteiger partial charge in [-0.25, -0.2) is 0 Å². The van der Waals surface area contributed by atoms with Crippen molar-refractivity contribution in [1.82, 2.24) is 10.2 Å². The molecule has 1 saturated heterocycles. The largest absolute Gasteiger partial charge is 0.311 e. The van der Waals surface area contributed by atoms with E-state index >= 15 is 0 Å². The van der Waals surface area contributed by atoms with Crippen molar-refractivity contribution in [2.24, 2.45) is 0 Å². The van der Waals surface area contributed by atoms with E-state index in [1.54, 1.807) is 4.88 Å². The zero-order valence-electron chi connectivity index (χ0n) is 11.9. The van der Waals surface area contributed by atoms with Crippen molar-refractivity contribution >= 4 is 11.3 Å². The van der Waals surface area contributed by atoms with Gasteiger partial charge < -0.3 is 5.32 Å². The van der Waals surface area contributed by atoms with Gasteiger partial charge in [0.25, 0.3) is 0 Å². The molecule has 0 saturated carbocycles. The Balaban J connectivity index is 2.00. The predicted octanol–water partition coefficient (Wildman–Crippen LogP) is 3.41. The molecule has 0 amide bonds. The summed E-state index contributed by atoms with van der Waals surface area (Å²) >= 11 is 1.91. The zero-order chi connectivity index (χ0) is 13.0. The Bertz CT molecular complexity index is 361. The Hall–Kier alpha value is -0.380. The van der Waals surface area contributed by atoms with E-state index in [9.17, 15) is 0 Å². The van der Waals surface area contributed by atoms with Crippen LogP contribution in [-0.2, 0) is 6.54 Å². The van der Waals surface area contributed by atoms with Crippen molar-refractivity contribution in [2.75, 3.05) is 13.1 Å². The Morgan fingerprint density at radius 3 is 2.89 bits per heavy atom. The van der Waals surface area contributed by atoms with Crippen LogP contribution in [0.25, 0.3) is 0 Å². The number of nitrogens with zero attached hydrogens (tertiary/aromatic N) is 1. The zero-order valence-corrected chi connectivity index (χ0v) is 12.7. The van der Waals surface area contributed by atoms with Crippen LogP contribution in [0, 0.1) is 6.92 Å². The second-order valence-corrected chi connectivity index (χ2v) is 6.41. The molecule has 0 radical (unpaired) electrons. The van der Waals surface area contributed by atoms with E-state index in [2.05, 4.69) is 42.4 Å². The third kappa shape index (κ3) is 3.34. The summed E-state index contributed by atoms with van der Waals surface area (Å²) in [4.78, 5) is 4.24. The maximum Gasteiger partial charge on any atom is 0.0334 e. The van der Waals surface area contributed by atoms with Crippen LogP contribution in [0.2, 0.25) is 0 Å². The number of hydrogen-bond donors (Lipinski definition) is 1. The highest BCUT2D eigenvalue weighted by molar-refractivity contribution is 7.10. The first kappa shape index (κ1) is 14.0. The quantitative estimate of drug-likeness (QED) is 0.878. The molecule has 3 heteroatoms. The van der Waals surface area contributed by atoms with Gasteiger partial charge in [-0.15, -0.1) is 11.3 Å². The highest BCUT2D eigenvalue weighted by atomic mass is 32.1. The molecule has 2 atom stereocenters. The first-order chi connectivity index (χ1) is 8.74. The molecule has 2 unspecified atom stereocenters. The molecular formula is C15H26N2S. The number of nitrogens with one attached hydrogen (secondary N) is 1. The van der Waals surface area contributed by atoms with Gasteiger partial charge in [0, 0.05) is 36.6 Å². The minimum absolute atomic E-state index is 0.693. The smallest absolute Gasteiger partial charge is 0.0334 e. The van der Waals surface area contributed by atoms with E-state index in [1.807, 2.05) is 11.3 Å². The molecule has 1 aromatic rings. The average molecular weight is 266 g/mol. The van der Waals surface area contributed by atoms with E-state index in [4.69, 9.17) is 0 Å². The van der Waals surface area contributed by atoms with Crippen LogP contribution < -0.4 is 5.32 Å². The third-order valence-electron chi connectivity index (χ3n) is 4.04. The summed E-state index contributed by atoms with van der Waals surface area (Å²) in [5.74, 6) is 0. The highest BCUT2D eigenvalue weighted by Crippen LogP contribution is 2.22. The van der Waals surface area contributed by atoms with Gasteiger partial charge in [0.05, 0.1) is 0 Å². The fourth-order valence-electron chi connectivity index (χ4n) is 2.82. The summed E-state index contributed by atoms with van der Waals surface area (Å²) in [6, 6.07) is 3.64. The minimum atomic E-state index is 0.693. The summed E-state index contributed by atoms with van der Waals surface area (Å²) in [7, 11) is 0. The minimum Gasteiger partial charge on any atom is -0.311 e. The maximum absolute atomic E-state index is 3.71. The van der Waals surface area contributed by atoms with Crippen LogP contribution in [0.3, 0.4) is 0 Å². The lowest BCUT2D eigenvalue weighted by Gasteiger charge is -2.40. The molecule has 1 N–H and O–H groups in total. The van der Waals surface area contributed by atoms with E-state index in [0.29, 0.717) is 12.1 Å². The molecule has 1 fully saturated rings. The molecule has 1 aliphatic heterocycles. The molecule has 0 bridgehead atoms. The van der Waals surface area contributed by atoms with Gasteiger partial charge in [-0.2, -0.15) is 0 Å². The molecule has 0 spiro atoms. The van der Waals surface area contributed by atoms with Crippen molar-refractivity contribution in [3.8, 4) is 0 Å². The third-order valence-corrected chi connectivity index (χ3v) is 5.04. The lowest BCUT2D eigenvalue weighted by molar-refractivity contribution is 0.116. The van der Waals surface area contributed by atoms with Gasteiger partial charge in [0.2, 0.25) is 0 Å². The normalized spacial score (nSPS) is 25.5. The first-order valence-corrected chi connectivity index (χ1v) is 8.13. The fraction of sp³-hybridized carbons (Fsp3) is 0.733. The lowest BCUT2D eigenvalue weighted by atomic mass is 10.0. The van der Waals surface area contributed by atoms with Crippen LogP contribution in [0.15, 0.2) is 11.4 Å². The van der Waals surface area contributed by atoms with Crippen LogP contribution in [0.1, 0.15) is 43.6 Å². The van der Waals surface area contributed by atoms with Crippen LogP contribution in [-0.4, -0.2) is 30.1 Å². The number of piperazine rings is 1. The Morgan fingerprint density at radius 1 is 1.44 bits per heavy atom. The summed E-state index contributed by atoms with van der Waals surface area (Å²) in [6.07, 6.45) is 3.83. The molecule has 2 nitrogen and oxygen atoms in total. The number of aryl methyl sites for hydroxylation is 1. The van der Waals surface area contributed by atoms with E-state index in [1.165, 1.54) is 31.4 Å². The van der Waals surface area contributed by atoms with E-state index in [-0.39, 0.29) is 0 Å². The Kier molecular flexibility index (Phi) is 5.22. The second-order valence-electron chi connectivity index (χ2n) is 5.41. The van der Waals surface area contributed by atoms with Crippen LogP contribution in [0.4, 0.5) is 0 Å². The first-order valence-electron chi connectivity index (χ1n) is 7.25. The van der Waals surface area contributed by atoms with Gasteiger partial charge in [-0.05, 0) is 36.8 Å². The number of thiophene rings is 1. The molecule has 102 valence electrons. The molecule has 0 aromatic carbocycles. The average Bonchev–Trinajstić information content (AvgIpc) is 2.76. The number of rotatable bonds is 5. The SMILES string of the molecule is CCCC1CN(Cc2sccc2C)C(CC)CN1. The van der Waals surface area contributed by atoms with Crippen LogP contribution in [0.5, 0.6) is 0 Å². The highest BCUT2D eigenvalue weighted by Gasteiger charge is 2.26. The van der Waals surface area contributed by atoms with Gasteiger partial charge >= 0.3 is 0 Å². The van der Waals surface area contributed by atoms with Gasteiger partial charge in [0.15, 0.2) is 0 Å². The lowest BCUT2D eigenvalue weighted by Crippen LogP contribution is -2.55. The monoisotopic (exact) mass is 266 g/mol. The van der Waals surface area contributed by atoms with Gasteiger partial charge in [-0.1, -0.05) is 20.3 Å². The molecule has 2 heterocycles. The Morgan fingerprint density at radius 2 is 2.28 bits per heavy atom. The maximum atomic E-state index is 3.71. The Labute approximate surface area is 115 Å². The molecular weight excluding hydrogens is 240 g/mol. The fourth-order valence-corrected chi connectivity index (χ4v) is 3.75. The van der Waals surface area contributed by atoms with Crippen LogP contribution >= 0.6 is 11.3 Å². The topological polar surface area (TPSA) is 15.3 Å². The number of hydrogen-bond acceptors (Lipinski definition) is 3. The van der Waals surface area contributed by atoms with Crippen molar-refractivity contribution in [2.45, 2.75) is 58.7 Å². The summed E-state index contributed by atoms with van der Waals surface area (Å²) in [5.41, 5.74) is 1.46. The van der Waals surface area contributed by atoms with Gasteiger partial charge in [0.1, 0.15) is 0 Å². The van der Waals surface area contributed by atoms with E-state index < -0.39 is 0 Å². The standard InChI is InChI=1S/C15H26N2S/c1-4-6-13-10-17(14(5-2)9-16-13)11-15-12(3)7-8-18-15/h7-8,13-14,16H,4-6,9-11H2,1-3H3.